The summed E-state index contributed by atoms with van der Waals surface area (Å²) in [5, 5.41) is 3.85. The second-order valence-corrected chi connectivity index (χ2v) is 11.3. The molecule has 1 N–H and O–H groups in total. The van der Waals surface area contributed by atoms with Crippen LogP contribution in [0.5, 0.6) is 5.75 Å². The molecule has 0 aliphatic rings. The Morgan fingerprint density at radius 3 is 2.12 bits per heavy atom. The van der Waals surface area contributed by atoms with Gasteiger partial charge in [-0.2, -0.15) is 0 Å². The minimum absolute atomic E-state index is 0. The first kappa shape index (κ1) is 32.8. The summed E-state index contributed by atoms with van der Waals surface area (Å²) in [5.74, 6) is 1.33. The van der Waals surface area contributed by atoms with Gasteiger partial charge in [0.25, 0.3) is 5.56 Å². The Morgan fingerprint density at radius 1 is 0.884 bits per heavy atom. The Hall–Kier alpha value is -3.08. The van der Waals surface area contributed by atoms with Gasteiger partial charge in [0, 0.05) is 12.0 Å². The molecule has 3 aromatic carbocycles. The van der Waals surface area contributed by atoms with Crippen LogP contribution in [0, 0.1) is 0 Å². The molecule has 0 bridgehead atoms. The number of aryl methyl sites for hydroxylation is 2. The fraction of sp³-hybridized carbons (Fsp3) is 0.294. The zero-order valence-corrected chi connectivity index (χ0v) is 24.7. The minimum atomic E-state index is -0.597. The normalized spacial score (nSPS) is 11.3. The molecule has 5 aromatic rings. The van der Waals surface area contributed by atoms with E-state index in [1.807, 2.05) is 100 Å². The summed E-state index contributed by atoms with van der Waals surface area (Å²) in [5.41, 5.74) is 5.54. The van der Waals surface area contributed by atoms with Crippen molar-refractivity contribution in [3.8, 4) is 39.4 Å². The first-order valence-electron chi connectivity index (χ1n) is 14.3. The van der Waals surface area contributed by atoms with Crippen molar-refractivity contribution in [2.45, 2.75) is 66.0 Å². The summed E-state index contributed by atoms with van der Waals surface area (Å²) in [4.78, 5) is 33.3. The zero-order chi connectivity index (χ0) is 29.9. The van der Waals surface area contributed by atoms with Crippen LogP contribution in [0.2, 0.25) is 0 Å². The molecule has 9 heteroatoms. The first-order valence-corrected chi connectivity index (χ1v) is 14.3. The number of H-pyrrole nitrogens is 1. The molecule has 0 fully saturated rings. The van der Waals surface area contributed by atoms with Crippen LogP contribution in [-0.4, -0.2) is 76.7 Å². The van der Waals surface area contributed by atoms with E-state index in [2.05, 4.69) is 17.1 Å². The van der Waals surface area contributed by atoms with Crippen molar-refractivity contribution < 1.29 is 9.26 Å². The number of nitrogens with one attached hydrogen (secondary N) is 1. The molecule has 0 spiro atoms. The third kappa shape index (κ3) is 7.71. The summed E-state index contributed by atoms with van der Waals surface area (Å²) in [6, 6.07) is 23.5. The maximum atomic E-state index is 14.1. The van der Waals surface area contributed by atoms with E-state index >= 15 is 0 Å². The average molecular weight is 605 g/mol. The van der Waals surface area contributed by atoms with Crippen molar-refractivity contribution in [2.75, 3.05) is 0 Å². The van der Waals surface area contributed by atoms with E-state index in [0.717, 1.165) is 51.5 Å². The van der Waals surface area contributed by atoms with Gasteiger partial charge in [0.2, 0.25) is 0 Å². The number of benzene rings is 3. The van der Waals surface area contributed by atoms with Crippen molar-refractivity contribution >= 4 is 51.4 Å². The van der Waals surface area contributed by atoms with Crippen molar-refractivity contribution in [3.63, 3.8) is 0 Å². The van der Waals surface area contributed by atoms with E-state index in [1.165, 1.54) is 0 Å². The van der Waals surface area contributed by atoms with Crippen LogP contribution < -0.4 is 16.1 Å². The van der Waals surface area contributed by atoms with Gasteiger partial charge in [-0.05, 0) is 68.0 Å². The van der Waals surface area contributed by atoms with Crippen molar-refractivity contribution in [2.24, 2.45) is 0 Å². The second-order valence-electron chi connectivity index (χ2n) is 11.3. The number of hydrogen-bond acceptors (Lipinski definition) is 6. The molecule has 0 amide bonds. The molecule has 0 aliphatic carbocycles. The van der Waals surface area contributed by atoms with E-state index < -0.39 is 5.76 Å². The number of ether oxygens (including phenoxy) is 1. The number of aromatic amines is 1. The first-order chi connectivity index (χ1) is 20.2. The average Bonchev–Trinajstić information content (AvgIpc) is 3.41. The Kier molecular flexibility index (Phi) is 10.8. The van der Waals surface area contributed by atoms with E-state index in [-0.39, 0.29) is 62.5 Å². The van der Waals surface area contributed by atoms with E-state index in [4.69, 9.17) is 14.2 Å². The summed E-state index contributed by atoms with van der Waals surface area (Å²) < 4.78 is 12.5. The molecule has 0 saturated heterocycles. The Morgan fingerprint density at radius 2 is 1.53 bits per heavy atom. The molecule has 8 nitrogen and oxygen atoms in total. The maximum absolute atomic E-state index is 14.1. The number of rotatable bonds is 9. The Labute approximate surface area is 294 Å². The molecule has 0 atom stereocenters. The summed E-state index contributed by atoms with van der Waals surface area (Å²) in [6.07, 6.45) is 2.25. The Bertz CT molecular complexity index is 1800. The van der Waals surface area contributed by atoms with Crippen LogP contribution in [0.3, 0.4) is 0 Å². The number of nitrogens with zero attached hydrogens (tertiary/aromatic N) is 3. The monoisotopic (exact) mass is 604 g/mol. The van der Waals surface area contributed by atoms with Gasteiger partial charge in [-0.1, -0.05) is 79.7 Å². The van der Waals surface area contributed by atoms with Crippen LogP contribution in [0.15, 0.2) is 86.9 Å². The molecule has 0 saturated carbocycles. The van der Waals surface area contributed by atoms with Crippen LogP contribution >= 0.6 is 0 Å². The van der Waals surface area contributed by atoms with Gasteiger partial charge in [-0.25, -0.2) is 9.78 Å². The Balaban J connectivity index is 0.00000423. The molecule has 0 unspecified atom stereocenters. The van der Waals surface area contributed by atoms with Gasteiger partial charge in [0.05, 0.1) is 17.8 Å². The number of aromatic nitrogens is 4. The van der Waals surface area contributed by atoms with Gasteiger partial charge in [0.1, 0.15) is 17.2 Å². The van der Waals surface area contributed by atoms with Crippen LogP contribution in [0.4, 0.5) is 0 Å². The molecule has 0 radical (unpaired) electrons. The van der Waals surface area contributed by atoms with Gasteiger partial charge >= 0.3 is 57.1 Å². The van der Waals surface area contributed by atoms with Crippen LogP contribution in [0.25, 0.3) is 33.6 Å². The van der Waals surface area contributed by atoms with Crippen LogP contribution in [-0.2, 0) is 19.4 Å². The van der Waals surface area contributed by atoms with Crippen LogP contribution in [0.1, 0.15) is 58.1 Å². The molecule has 0 aliphatic heterocycles. The van der Waals surface area contributed by atoms with Gasteiger partial charge in [0.15, 0.2) is 5.82 Å². The fourth-order valence-electron chi connectivity index (χ4n) is 5.07. The van der Waals surface area contributed by atoms with Gasteiger partial charge in [-0.15, -0.1) is 0 Å². The quantitative estimate of drug-likeness (QED) is 0.207. The summed E-state index contributed by atoms with van der Waals surface area (Å²) >= 11 is 0. The summed E-state index contributed by atoms with van der Waals surface area (Å²) in [6.45, 7) is 10.6. The fourth-order valence-corrected chi connectivity index (χ4v) is 5.07. The van der Waals surface area contributed by atoms with E-state index in [1.54, 1.807) is 4.57 Å². The standard InChI is InChI=1S/C34H36N4O4.K.H/c1-6-10-29-35-28(7-2)30(24-17-19-25(20-18-24)41-34(3,4)5)32(39)38(29)21-22-13-15-23(16-14-22)26-11-8-9-12-27(26)31-36-33(40)42-37-31;;/h8-9,11-20H,6-7,10,21H2,1-5H3,(H,36,37,40);;. The van der Waals surface area contributed by atoms with E-state index in [0.29, 0.717) is 30.8 Å². The molecule has 5 rings (SSSR count). The molecule has 43 heavy (non-hydrogen) atoms. The third-order valence-corrected chi connectivity index (χ3v) is 6.93. The number of hydrogen-bond donors (Lipinski definition) is 1. The predicted octanol–water partition coefficient (Wildman–Crippen LogP) is 6.01. The third-order valence-electron chi connectivity index (χ3n) is 6.93. The van der Waals surface area contributed by atoms with Gasteiger partial charge < -0.3 is 4.74 Å². The van der Waals surface area contributed by atoms with Gasteiger partial charge in [-0.3, -0.25) is 18.9 Å². The van der Waals surface area contributed by atoms with Crippen molar-refractivity contribution in [1.82, 2.24) is 19.7 Å². The molecule has 2 aromatic heterocycles. The van der Waals surface area contributed by atoms with Crippen molar-refractivity contribution in [1.29, 1.82) is 0 Å². The molecule has 2 heterocycles. The zero-order valence-electron chi connectivity index (χ0n) is 24.7. The molecular formula is C34H37KN4O4. The topological polar surface area (TPSA) is 103 Å². The second kappa shape index (κ2) is 14.1. The summed E-state index contributed by atoms with van der Waals surface area (Å²) in [7, 11) is 0. The predicted molar refractivity (Wildman–Crippen MR) is 172 cm³/mol. The molecular weight excluding hydrogens is 567 g/mol. The van der Waals surface area contributed by atoms with E-state index in [9.17, 15) is 9.59 Å². The SMILES string of the molecule is CCCc1nc(CC)c(-c2ccc(OC(C)(C)C)cc2)c(=O)n1Cc1ccc(-c2ccccc2-c2noc(=O)[nH]2)cc1.[KH]. The van der Waals surface area contributed by atoms with Crippen molar-refractivity contribution in [3.05, 3.63) is 111 Å². The molecule has 218 valence electrons.